The summed E-state index contributed by atoms with van der Waals surface area (Å²) in [6.45, 7) is 10.3. The number of rotatable bonds is 11. The first kappa shape index (κ1) is 42.0. The maximum absolute atomic E-state index is 13.8. The topological polar surface area (TPSA) is 184 Å². The average Bonchev–Trinajstić information content (AvgIpc) is 4.13. The van der Waals surface area contributed by atoms with E-state index in [1.165, 1.54) is 30.9 Å². The number of fused-ring (bicyclic) bond motifs is 2. The van der Waals surface area contributed by atoms with Gasteiger partial charge in [-0.05, 0) is 84.6 Å². The van der Waals surface area contributed by atoms with Gasteiger partial charge < -0.3 is 44.6 Å². The van der Waals surface area contributed by atoms with E-state index in [9.17, 15) is 19.2 Å². The van der Waals surface area contributed by atoms with Crippen molar-refractivity contribution >= 4 is 24.0 Å². The lowest BCUT2D eigenvalue weighted by atomic mass is 9.77. The van der Waals surface area contributed by atoms with Gasteiger partial charge in [-0.2, -0.15) is 0 Å². The molecule has 4 aliphatic rings. The van der Waals surface area contributed by atoms with Crippen molar-refractivity contribution < 1.29 is 33.4 Å². The van der Waals surface area contributed by atoms with Gasteiger partial charge in [0.1, 0.15) is 23.7 Å². The highest BCUT2D eigenvalue weighted by Crippen LogP contribution is 2.51. The predicted molar refractivity (Wildman–Crippen MR) is 228 cm³/mol. The van der Waals surface area contributed by atoms with Gasteiger partial charge in [-0.15, -0.1) is 0 Å². The Bertz CT molecular complexity index is 2260. The first-order chi connectivity index (χ1) is 29.4. The van der Waals surface area contributed by atoms with E-state index in [0.717, 1.165) is 91.3 Å². The Balaban J connectivity index is 1.04. The van der Waals surface area contributed by atoms with Gasteiger partial charge in [0.2, 0.25) is 11.8 Å². The Hall–Kier alpha value is -5.70. The van der Waals surface area contributed by atoms with Crippen molar-refractivity contribution in [2.45, 2.75) is 102 Å². The van der Waals surface area contributed by atoms with Crippen molar-refractivity contribution in [1.82, 2.24) is 40.4 Å². The van der Waals surface area contributed by atoms with E-state index in [0.29, 0.717) is 19.7 Å². The number of carbonyl (C=O) groups is 4. The molecule has 5 heterocycles. The van der Waals surface area contributed by atoms with Crippen LogP contribution in [0.25, 0.3) is 33.6 Å². The molecule has 2 aromatic carbocycles. The Labute approximate surface area is 356 Å². The number of alkyl carbamates (subject to hydrolysis) is 2. The van der Waals surface area contributed by atoms with Crippen molar-refractivity contribution in [1.29, 1.82) is 0 Å². The summed E-state index contributed by atoms with van der Waals surface area (Å²) in [4.78, 5) is 72.0. The molecule has 4 N–H and O–H groups in total. The number of methoxy groups -OCH3 is 2. The van der Waals surface area contributed by atoms with Crippen LogP contribution in [0.1, 0.15) is 101 Å². The van der Waals surface area contributed by atoms with Gasteiger partial charge in [0, 0.05) is 30.7 Å². The van der Waals surface area contributed by atoms with E-state index in [1.807, 2.05) is 49.9 Å². The first-order valence-electron chi connectivity index (χ1n) is 21.7. The lowest BCUT2D eigenvalue weighted by molar-refractivity contribution is -0.136. The molecule has 1 aliphatic carbocycles. The highest BCUT2D eigenvalue weighted by molar-refractivity contribution is 5.87. The molecular weight excluding hydrogens is 777 g/mol. The molecule has 3 saturated heterocycles. The van der Waals surface area contributed by atoms with E-state index in [1.54, 1.807) is 0 Å². The summed E-state index contributed by atoms with van der Waals surface area (Å²) in [5.74, 6) is 0.979. The van der Waals surface area contributed by atoms with Crippen LogP contribution >= 0.6 is 0 Å². The van der Waals surface area contributed by atoms with Crippen LogP contribution < -0.4 is 10.6 Å². The SMILES string of the molecule is COC(=O)N[C@H](C(=O)N1CCC[C@H]1c1ncc(-c2ccc(-c3ccc(-c4cnc([C@@H]5CCCN5C(=O)[C@@H](NC(=O)OC)C(C)C)[nH]4)c4c3C3(CCOC3)CC4)cc2)[nH]1)C(C)C. The molecule has 5 atom stereocenters. The zero-order chi connectivity index (χ0) is 43.0. The quantitative estimate of drug-likeness (QED) is 0.126. The second-order valence-corrected chi connectivity index (χ2v) is 17.6. The molecule has 3 aliphatic heterocycles. The molecule has 2 aromatic heterocycles. The number of nitrogens with one attached hydrogen (secondary N) is 4. The third-order valence-corrected chi connectivity index (χ3v) is 13.3. The van der Waals surface area contributed by atoms with Crippen molar-refractivity contribution in [3.05, 3.63) is 71.6 Å². The number of amides is 4. The van der Waals surface area contributed by atoms with Crippen LogP contribution in [0.3, 0.4) is 0 Å². The van der Waals surface area contributed by atoms with Crippen LogP contribution in [-0.2, 0) is 35.6 Å². The third kappa shape index (κ3) is 7.99. The lowest BCUT2D eigenvalue weighted by Crippen LogP contribution is -2.51. The summed E-state index contributed by atoms with van der Waals surface area (Å²) in [6.07, 6.45) is 8.62. The minimum Gasteiger partial charge on any atom is -0.453 e. The number of likely N-dealkylation sites (tertiary alicyclic amines) is 2. The fraction of sp³-hybridized carbons (Fsp3) is 0.522. The van der Waals surface area contributed by atoms with E-state index in [4.69, 9.17) is 24.2 Å². The summed E-state index contributed by atoms with van der Waals surface area (Å²) >= 11 is 0. The number of ether oxygens (including phenoxy) is 3. The van der Waals surface area contributed by atoms with E-state index in [-0.39, 0.29) is 41.1 Å². The van der Waals surface area contributed by atoms with E-state index < -0.39 is 24.3 Å². The monoisotopic (exact) mass is 834 g/mol. The molecule has 4 amide bonds. The molecule has 61 heavy (non-hydrogen) atoms. The van der Waals surface area contributed by atoms with Crippen LogP contribution in [0.5, 0.6) is 0 Å². The van der Waals surface area contributed by atoms with Gasteiger partial charge in [-0.3, -0.25) is 9.59 Å². The number of carbonyl (C=O) groups excluding carboxylic acids is 4. The number of hydrogen-bond donors (Lipinski definition) is 4. The number of nitrogens with zero attached hydrogens (tertiary/aromatic N) is 4. The number of aromatic amines is 2. The molecule has 4 aromatic rings. The van der Waals surface area contributed by atoms with Crippen LogP contribution in [-0.4, -0.2) is 106 Å². The van der Waals surface area contributed by atoms with Gasteiger partial charge in [-0.1, -0.05) is 64.1 Å². The van der Waals surface area contributed by atoms with Gasteiger partial charge >= 0.3 is 12.2 Å². The molecule has 8 rings (SSSR count). The maximum Gasteiger partial charge on any atom is 0.407 e. The molecule has 1 unspecified atom stereocenters. The van der Waals surface area contributed by atoms with Crippen LogP contribution in [0.2, 0.25) is 0 Å². The van der Waals surface area contributed by atoms with Crippen molar-refractivity contribution in [3.63, 3.8) is 0 Å². The van der Waals surface area contributed by atoms with E-state index in [2.05, 4.69) is 57.0 Å². The lowest BCUT2D eigenvalue weighted by Gasteiger charge is -2.30. The third-order valence-electron chi connectivity index (χ3n) is 13.3. The maximum atomic E-state index is 13.8. The Morgan fingerprint density at radius 3 is 1.79 bits per heavy atom. The zero-order valence-corrected chi connectivity index (χ0v) is 36.0. The van der Waals surface area contributed by atoms with Crippen molar-refractivity contribution in [3.8, 4) is 33.6 Å². The zero-order valence-electron chi connectivity index (χ0n) is 36.0. The normalized spacial score (nSPS) is 21.9. The Morgan fingerprint density at radius 2 is 1.26 bits per heavy atom. The molecule has 3 fully saturated rings. The van der Waals surface area contributed by atoms with Gasteiger partial charge in [0.05, 0.1) is 56.7 Å². The Kier molecular flexibility index (Phi) is 11.9. The number of H-pyrrole nitrogens is 2. The number of aromatic nitrogens is 4. The largest absolute Gasteiger partial charge is 0.453 e. The second-order valence-electron chi connectivity index (χ2n) is 17.6. The molecular formula is C46H58N8O7. The number of benzene rings is 2. The minimum atomic E-state index is -0.698. The second kappa shape index (κ2) is 17.3. The fourth-order valence-corrected chi connectivity index (χ4v) is 10.0. The van der Waals surface area contributed by atoms with Crippen LogP contribution in [0, 0.1) is 11.8 Å². The summed E-state index contributed by atoms with van der Waals surface area (Å²) in [5.41, 5.74) is 8.79. The van der Waals surface area contributed by atoms with Crippen LogP contribution in [0.4, 0.5) is 9.59 Å². The highest BCUT2D eigenvalue weighted by atomic mass is 16.5. The van der Waals surface area contributed by atoms with Gasteiger partial charge in [-0.25, -0.2) is 19.6 Å². The minimum absolute atomic E-state index is 0.0703. The standard InChI is InChI=1S/C46H58N8O7/c1-26(2)38(51-44(57)59-5)42(55)53-20-7-9-35(53)40-47-23-33(49-40)29-13-11-28(12-14-29)30-15-16-31(32-17-18-46(37(30)32)19-22-61-25-46)34-24-48-41(50-34)36-10-8-21-54(36)43(56)39(27(3)4)52-45(58)60-6/h11-16,23-24,26-27,35-36,38-39H,7-10,17-22,25H2,1-6H3,(H,47,49)(H,48,50)(H,51,57)(H,52,58)/t35-,36-,38-,39-,46?/m0/s1. The molecule has 0 radical (unpaired) electrons. The molecule has 0 saturated carbocycles. The van der Waals surface area contributed by atoms with Gasteiger partial charge in [0.15, 0.2) is 0 Å². The molecule has 324 valence electrons. The summed E-state index contributed by atoms with van der Waals surface area (Å²) in [7, 11) is 2.60. The number of hydrogen-bond acceptors (Lipinski definition) is 9. The molecule has 15 heteroatoms. The average molecular weight is 835 g/mol. The molecule has 1 spiro atoms. The summed E-state index contributed by atoms with van der Waals surface area (Å²) < 4.78 is 15.7. The number of imidazole rings is 2. The van der Waals surface area contributed by atoms with Crippen LogP contribution in [0.15, 0.2) is 48.8 Å². The van der Waals surface area contributed by atoms with E-state index >= 15 is 0 Å². The van der Waals surface area contributed by atoms with Crippen molar-refractivity contribution in [2.24, 2.45) is 11.8 Å². The fourth-order valence-electron chi connectivity index (χ4n) is 10.0. The molecule has 0 bridgehead atoms. The summed E-state index contributed by atoms with van der Waals surface area (Å²) in [5, 5.41) is 5.45. The summed E-state index contributed by atoms with van der Waals surface area (Å²) in [6, 6.07) is 11.2. The smallest absolute Gasteiger partial charge is 0.407 e. The van der Waals surface area contributed by atoms with Crippen molar-refractivity contribution in [2.75, 3.05) is 40.5 Å². The predicted octanol–water partition coefficient (Wildman–Crippen LogP) is 6.83. The first-order valence-corrected chi connectivity index (χ1v) is 21.7. The Morgan fingerprint density at radius 1 is 0.738 bits per heavy atom. The van der Waals surface area contributed by atoms with Gasteiger partial charge in [0.25, 0.3) is 0 Å². The highest BCUT2D eigenvalue weighted by Gasteiger charge is 2.45. The molecule has 15 nitrogen and oxygen atoms in total.